The maximum atomic E-state index is 4.91. The van der Waals surface area contributed by atoms with Gasteiger partial charge in [-0.15, -0.1) is 0 Å². The summed E-state index contributed by atoms with van der Waals surface area (Å²) < 4.78 is 5.63. The summed E-state index contributed by atoms with van der Waals surface area (Å²) in [5.41, 5.74) is 1.03. The molecule has 0 spiro atoms. The molecule has 1 fully saturated rings. The van der Waals surface area contributed by atoms with Gasteiger partial charge >= 0.3 is 0 Å². The molecule has 0 radical (unpaired) electrons. The Hall–Kier alpha value is -0.350. The van der Waals surface area contributed by atoms with Crippen LogP contribution in [0.15, 0.2) is 15.3 Å². The zero-order valence-electron chi connectivity index (χ0n) is 6.72. The zero-order chi connectivity index (χ0) is 8.39. The minimum absolute atomic E-state index is 0.599. The van der Waals surface area contributed by atoms with Crippen LogP contribution in [0.5, 0.6) is 0 Å². The van der Waals surface area contributed by atoms with E-state index in [9.17, 15) is 0 Å². The highest BCUT2D eigenvalue weighted by Gasteiger charge is 2.15. The van der Waals surface area contributed by atoms with Crippen molar-refractivity contribution in [2.45, 2.75) is 25.3 Å². The van der Waals surface area contributed by atoms with E-state index in [1.165, 1.54) is 12.8 Å². The summed E-state index contributed by atoms with van der Waals surface area (Å²) >= 11 is 3.23. The zero-order valence-corrected chi connectivity index (χ0v) is 8.30. The molecule has 0 aromatic carbocycles. The van der Waals surface area contributed by atoms with Gasteiger partial charge in [0, 0.05) is 18.5 Å². The lowest BCUT2D eigenvalue weighted by atomic mass is 10.1. The first-order chi connectivity index (χ1) is 5.84. The molecule has 0 saturated carbocycles. The number of hydrogen-bond donors (Lipinski definition) is 1. The lowest BCUT2D eigenvalue weighted by molar-refractivity contribution is 0.389. The Balaban J connectivity index is 1.94. The summed E-state index contributed by atoms with van der Waals surface area (Å²) in [7, 11) is 0. The molecule has 0 amide bonds. The van der Waals surface area contributed by atoms with E-state index in [4.69, 9.17) is 4.52 Å². The molecule has 4 heteroatoms. The third-order valence-corrected chi connectivity index (χ3v) is 2.52. The van der Waals surface area contributed by atoms with Crippen LogP contribution in [0, 0.1) is 0 Å². The number of rotatable bonds is 2. The van der Waals surface area contributed by atoms with Crippen LogP contribution in [-0.4, -0.2) is 17.7 Å². The lowest BCUT2D eigenvalue weighted by Gasteiger charge is -2.05. The van der Waals surface area contributed by atoms with Gasteiger partial charge in [-0.05, 0) is 35.3 Å². The molecule has 1 aromatic rings. The van der Waals surface area contributed by atoms with E-state index in [1.54, 1.807) is 0 Å². The first kappa shape index (κ1) is 8.26. The Labute approximate surface area is 79.6 Å². The molecule has 1 saturated heterocycles. The Morgan fingerprint density at radius 3 is 3.25 bits per heavy atom. The average Bonchev–Trinajstić information content (AvgIpc) is 2.63. The van der Waals surface area contributed by atoms with Gasteiger partial charge in [-0.2, -0.15) is 0 Å². The molecular formula is C8H11BrN2O. The topological polar surface area (TPSA) is 38.1 Å². The second-order valence-corrected chi connectivity index (χ2v) is 3.90. The number of hydrogen-bond acceptors (Lipinski definition) is 3. The summed E-state index contributed by atoms with van der Waals surface area (Å²) in [4.78, 5) is 0. The minimum atomic E-state index is 0.599. The van der Waals surface area contributed by atoms with Crippen molar-refractivity contribution in [1.82, 2.24) is 10.5 Å². The van der Waals surface area contributed by atoms with E-state index < -0.39 is 0 Å². The molecule has 1 aliphatic rings. The van der Waals surface area contributed by atoms with Crippen LogP contribution in [0.4, 0.5) is 0 Å². The van der Waals surface area contributed by atoms with Gasteiger partial charge in [0.1, 0.15) is 0 Å². The van der Waals surface area contributed by atoms with Crippen molar-refractivity contribution in [3.63, 3.8) is 0 Å². The maximum Gasteiger partial charge on any atom is 0.202 e. The lowest BCUT2D eigenvalue weighted by Crippen LogP contribution is -2.23. The van der Waals surface area contributed by atoms with Crippen LogP contribution in [0.1, 0.15) is 18.5 Å². The number of nitrogens with zero attached hydrogens (tertiary/aromatic N) is 1. The highest BCUT2D eigenvalue weighted by Crippen LogP contribution is 2.15. The SMILES string of the molecule is Brc1cc(CC2CCCN2)no1. The Bertz CT molecular complexity index is 255. The van der Waals surface area contributed by atoms with Crippen molar-refractivity contribution in [1.29, 1.82) is 0 Å². The highest BCUT2D eigenvalue weighted by molar-refractivity contribution is 9.10. The maximum absolute atomic E-state index is 4.91. The molecule has 1 aromatic heterocycles. The fourth-order valence-corrected chi connectivity index (χ4v) is 1.90. The summed E-state index contributed by atoms with van der Waals surface area (Å²) in [5.74, 6) is 0. The molecule has 0 aliphatic carbocycles. The second kappa shape index (κ2) is 3.58. The highest BCUT2D eigenvalue weighted by atomic mass is 79.9. The van der Waals surface area contributed by atoms with Crippen LogP contribution in [0.2, 0.25) is 0 Å². The van der Waals surface area contributed by atoms with E-state index in [0.29, 0.717) is 6.04 Å². The van der Waals surface area contributed by atoms with Crippen molar-refractivity contribution < 1.29 is 4.52 Å². The third-order valence-electron chi connectivity index (χ3n) is 2.15. The van der Waals surface area contributed by atoms with Gasteiger partial charge in [0.05, 0.1) is 5.69 Å². The molecule has 2 rings (SSSR count). The summed E-state index contributed by atoms with van der Waals surface area (Å²) in [6.45, 7) is 1.14. The van der Waals surface area contributed by atoms with Crippen molar-refractivity contribution in [3.05, 3.63) is 16.4 Å². The average molecular weight is 231 g/mol. The molecule has 12 heavy (non-hydrogen) atoms. The third kappa shape index (κ3) is 1.87. The van der Waals surface area contributed by atoms with Crippen LogP contribution < -0.4 is 5.32 Å². The van der Waals surface area contributed by atoms with Gasteiger partial charge in [0.25, 0.3) is 0 Å². The van der Waals surface area contributed by atoms with Crippen molar-refractivity contribution in [2.75, 3.05) is 6.54 Å². The molecular weight excluding hydrogens is 220 g/mol. The number of aromatic nitrogens is 1. The number of nitrogens with one attached hydrogen (secondary N) is 1. The van der Waals surface area contributed by atoms with Gasteiger partial charge in [-0.3, -0.25) is 0 Å². The molecule has 66 valence electrons. The fourth-order valence-electron chi connectivity index (χ4n) is 1.57. The summed E-state index contributed by atoms with van der Waals surface area (Å²) in [6, 6.07) is 2.53. The van der Waals surface area contributed by atoms with E-state index in [2.05, 4.69) is 26.4 Å². The van der Waals surface area contributed by atoms with Gasteiger partial charge in [0.2, 0.25) is 4.67 Å². The van der Waals surface area contributed by atoms with E-state index >= 15 is 0 Å². The van der Waals surface area contributed by atoms with Crippen LogP contribution >= 0.6 is 15.9 Å². The van der Waals surface area contributed by atoms with Gasteiger partial charge in [-0.1, -0.05) is 5.16 Å². The first-order valence-corrected chi connectivity index (χ1v) is 4.98. The standard InChI is InChI=1S/C8H11BrN2O/c9-8-5-7(11-12-8)4-6-2-1-3-10-6/h5-6,10H,1-4H2. The normalized spacial score (nSPS) is 23.2. The van der Waals surface area contributed by atoms with Crippen LogP contribution in [0.25, 0.3) is 0 Å². The van der Waals surface area contributed by atoms with Gasteiger partial charge < -0.3 is 9.84 Å². The minimum Gasteiger partial charge on any atom is -0.349 e. The fraction of sp³-hybridized carbons (Fsp3) is 0.625. The second-order valence-electron chi connectivity index (χ2n) is 3.12. The largest absolute Gasteiger partial charge is 0.349 e. The predicted octanol–water partition coefficient (Wildman–Crippen LogP) is 1.73. The van der Waals surface area contributed by atoms with Gasteiger partial charge in [0.15, 0.2) is 0 Å². The van der Waals surface area contributed by atoms with Crippen molar-refractivity contribution >= 4 is 15.9 Å². The van der Waals surface area contributed by atoms with E-state index in [1.807, 2.05) is 6.07 Å². The first-order valence-electron chi connectivity index (χ1n) is 4.19. The van der Waals surface area contributed by atoms with Crippen LogP contribution in [0.3, 0.4) is 0 Å². The Morgan fingerprint density at radius 2 is 2.67 bits per heavy atom. The summed E-state index contributed by atoms with van der Waals surface area (Å²) in [6.07, 6.45) is 3.52. The monoisotopic (exact) mass is 230 g/mol. The molecule has 0 bridgehead atoms. The van der Waals surface area contributed by atoms with Crippen molar-refractivity contribution in [3.8, 4) is 0 Å². The van der Waals surface area contributed by atoms with E-state index in [-0.39, 0.29) is 0 Å². The molecule has 1 atom stereocenters. The smallest absolute Gasteiger partial charge is 0.202 e. The molecule has 3 nitrogen and oxygen atoms in total. The summed E-state index contributed by atoms with van der Waals surface area (Å²) in [5, 5.41) is 7.33. The predicted molar refractivity (Wildman–Crippen MR) is 48.9 cm³/mol. The van der Waals surface area contributed by atoms with Crippen molar-refractivity contribution in [2.24, 2.45) is 0 Å². The van der Waals surface area contributed by atoms with E-state index in [0.717, 1.165) is 23.3 Å². The Morgan fingerprint density at radius 1 is 1.75 bits per heavy atom. The number of halogens is 1. The molecule has 1 aliphatic heterocycles. The quantitative estimate of drug-likeness (QED) is 0.842. The molecule has 2 heterocycles. The molecule has 1 N–H and O–H groups in total. The van der Waals surface area contributed by atoms with Crippen LogP contribution in [-0.2, 0) is 6.42 Å². The Kier molecular flexibility index (Phi) is 2.46. The molecule has 1 unspecified atom stereocenters. The van der Waals surface area contributed by atoms with Gasteiger partial charge in [-0.25, -0.2) is 0 Å².